The highest BCUT2D eigenvalue weighted by atomic mass is 15.3. The number of hydrogen-bond donors (Lipinski definition) is 1. The van der Waals surface area contributed by atoms with Gasteiger partial charge < -0.3 is 5.32 Å². The quantitative estimate of drug-likeness (QED) is 0.841. The van der Waals surface area contributed by atoms with Crippen LogP contribution < -0.4 is 5.32 Å². The molecule has 0 spiro atoms. The van der Waals surface area contributed by atoms with E-state index in [2.05, 4.69) is 34.1 Å². The van der Waals surface area contributed by atoms with Crippen molar-refractivity contribution in [3.05, 3.63) is 17.0 Å². The smallest absolute Gasteiger partial charge is 0.0641 e. The average Bonchev–Trinajstić information content (AvgIpc) is 2.60. The van der Waals surface area contributed by atoms with Crippen LogP contribution in [-0.2, 0) is 13.6 Å². The first-order chi connectivity index (χ1) is 9.15. The first-order valence-electron chi connectivity index (χ1n) is 7.31. The Morgan fingerprint density at radius 2 is 1.89 bits per heavy atom. The van der Waals surface area contributed by atoms with Crippen molar-refractivity contribution in [1.29, 1.82) is 0 Å². The fourth-order valence-corrected chi connectivity index (χ4v) is 3.22. The van der Waals surface area contributed by atoms with Gasteiger partial charge in [0.1, 0.15) is 0 Å². The lowest BCUT2D eigenvalue weighted by molar-refractivity contribution is 0.0221. The molecule has 0 unspecified atom stereocenters. The van der Waals surface area contributed by atoms with Gasteiger partial charge in [0.25, 0.3) is 0 Å². The van der Waals surface area contributed by atoms with Crippen LogP contribution in [0, 0.1) is 13.8 Å². The number of piperazine rings is 1. The van der Waals surface area contributed by atoms with Crippen molar-refractivity contribution in [1.82, 2.24) is 24.9 Å². The summed E-state index contributed by atoms with van der Waals surface area (Å²) in [5.74, 6) is 0. The van der Waals surface area contributed by atoms with Gasteiger partial charge in [0.05, 0.1) is 5.69 Å². The molecule has 5 heteroatoms. The SMILES string of the molecule is Cc1nn(C)c(C)c1CN1CC(N2CCNCC2)C1. The Labute approximate surface area is 115 Å². The summed E-state index contributed by atoms with van der Waals surface area (Å²) in [7, 11) is 2.03. The third kappa shape index (κ3) is 2.55. The minimum absolute atomic E-state index is 0.777. The van der Waals surface area contributed by atoms with Gasteiger partial charge in [-0.05, 0) is 13.8 Å². The van der Waals surface area contributed by atoms with Crippen LogP contribution in [-0.4, -0.2) is 64.9 Å². The highest BCUT2D eigenvalue weighted by Gasteiger charge is 2.32. The molecule has 5 nitrogen and oxygen atoms in total. The number of aromatic nitrogens is 2. The largest absolute Gasteiger partial charge is 0.314 e. The Kier molecular flexibility index (Phi) is 3.60. The standard InChI is InChI=1S/C14H25N5/c1-11-14(12(2)17(3)16-11)10-18-8-13(9-18)19-6-4-15-5-7-19/h13,15H,4-10H2,1-3H3. The van der Waals surface area contributed by atoms with Crippen LogP contribution in [0.2, 0.25) is 0 Å². The summed E-state index contributed by atoms with van der Waals surface area (Å²) in [6, 6.07) is 0.777. The van der Waals surface area contributed by atoms with Gasteiger partial charge in [0.2, 0.25) is 0 Å². The summed E-state index contributed by atoms with van der Waals surface area (Å²) < 4.78 is 2.00. The summed E-state index contributed by atoms with van der Waals surface area (Å²) in [4.78, 5) is 5.18. The van der Waals surface area contributed by atoms with Crippen LogP contribution in [0.5, 0.6) is 0 Å². The number of likely N-dealkylation sites (tertiary alicyclic amines) is 1. The second-order valence-corrected chi connectivity index (χ2v) is 5.91. The molecule has 19 heavy (non-hydrogen) atoms. The van der Waals surface area contributed by atoms with E-state index in [1.165, 1.54) is 43.1 Å². The van der Waals surface area contributed by atoms with Gasteiger partial charge >= 0.3 is 0 Å². The van der Waals surface area contributed by atoms with Gasteiger partial charge in [-0.3, -0.25) is 14.5 Å². The zero-order valence-electron chi connectivity index (χ0n) is 12.3. The molecule has 1 aromatic rings. The minimum Gasteiger partial charge on any atom is -0.314 e. The first-order valence-corrected chi connectivity index (χ1v) is 7.31. The van der Waals surface area contributed by atoms with E-state index in [1.54, 1.807) is 0 Å². The van der Waals surface area contributed by atoms with Gasteiger partial charge in [-0.1, -0.05) is 0 Å². The lowest BCUT2D eigenvalue weighted by Gasteiger charge is -2.46. The topological polar surface area (TPSA) is 36.3 Å². The molecular weight excluding hydrogens is 238 g/mol. The molecule has 2 fully saturated rings. The maximum atomic E-state index is 4.50. The molecule has 1 aromatic heterocycles. The van der Waals surface area contributed by atoms with E-state index in [0.717, 1.165) is 25.7 Å². The van der Waals surface area contributed by atoms with Crippen molar-refractivity contribution in [2.24, 2.45) is 7.05 Å². The highest BCUT2D eigenvalue weighted by Crippen LogP contribution is 2.21. The van der Waals surface area contributed by atoms with Crippen LogP contribution in [0.25, 0.3) is 0 Å². The second-order valence-electron chi connectivity index (χ2n) is 5.91. The van der Waals surface area contributed by atoms with Crippen molar-refractivity contribution in [2.45, 2.75) is 26.4 Å². The maximum Gasteiger partial charge on any atom is 0.0641 e. The fraction of sp³-hybridized carbons (Fsp3) is 0.786. The van der Waals surface area contributed by atoms with Gasteiger partial charge in [-0.25, -0.2) is 0 Å². The molecule has 3 heterocycles. The van der Waals surface area contributed by atoms with E-state index in [9.17, 15) is 0 Å². The number of rotatable bonds is 3. The van der Waals surface area contributed by atoms with E-state index in [1.807, 2.05) is 11.7 Å². The number of aryl methyl sites for hydroxylation is 2. The lowest BCUT2D eigenvalue weighted by atomic mass is 10.0. The van der Waals surface area contributed by atoms with Crippen molar-refractivity contribution >= 4 is 0 Å². The van der Waals surface area contributed by atoms with Gasteiger partial charge in [0.15, 0.2) is 0 Å². The van der Waals surface area contributed by atoms with Crippen molar-refractivity contribution in [3.63, 3.8) is 0 Å². The molecular formula is C14H25N5. The summed E-state index contributed by atoms with van der Waals surface area (Å²) in [5.41, 5.74) is 3.91. The number of hydrogen-bond acceptors (Lipinski definition) is 4. The Hall–Kier alpha value is -0.910. The molecule has 0 bridgehead atoms. The lowest BCUT2D eigenvalue weighted by Crippen LogP contribution is -2.62. The third-order valence-electron chi connectivity index (χ3n) is 4.65. The second kappa shape index (κ2) is 5.23. The third-order valence-corrected chi connectivity index (χ3v) is 4.65. The minimum atomic E-state index is 0.777. The molecule has 2 saturated heterocycles. The average molecular weight is 263 g/mol. The predicted octanol–water partition coefficient (Wildman–Crippen LogP) is 0.126. The number of nitrogens with one attached hydrogen (secondary N) is 1. The van der Waals surface area contributed by atoms with Crippen molar-refractivity contribution in [2.75, 3.05) is 39.3 Å². The molecule has 0 aliphatic carbocycles. The summed E-state index contributed by atoms with van der Waals surface area (Å²) in [6.07, 6.45) is 0. The Balaban J connectivity index is 1.53. The first kappa shape index (κ1) is 13.1. The van der Waals surface area contributed by atoms with E-state index >= 15 is 0 Å². The summed E-state index contributed by atoms with van der Waals surface area (Å²) in [6.45, 7) is 12.5. The summed E-state index contributed by atoms with van der Waals surface area (Å²) >= 11 is 0. The molecule has 0 aromatic carbocycles. The molecule has 106 valence electrons. The molecule has 2 aliphatic rings. The van der Waals surface area contributed by atoms with Crippen LogP contribution in [0.4, 0.5) is 0 Å². The molecule has 1 N–H and O–H groups in total. The normalized spacial score (nSPS) is 22.7. The predicted molar refractivity (Wildman–Crippen MR) is 76.2 cm³/mol. The van der Waals surface area contributed by atoms with Crippen LogP contribution in [0.1, 0.15) is 17.0 Å². The Morgan fingerprint density at radius 1 is 1.21 bits per heavy atom. The Morgan fingerprint density at radius 3 is 2.47 bits per heavy atom. The van der Waals surface area contributed by atoms with Crippen molar-refractivity contribution < 1.29 is 0 Å². The van der Waals surface area contributed by atoms with Crippen LogP contribution in [0.15, 0.2) is 0 Å². The monoisotopic (exact) mass is 263 g/mol. The molecule has 0 radical (unpaired) electrons. The van der Waals surface area contributed by atoms with Crippen LogP contribution in [0.3, 0.4) is 0 Å². The fourth-order valence-electron chi connectivity index (χ4n) is 3.22. The van der Waals surface area contributed by atoms with Gasteiger partial charge in [0, 0.05) is 70.2 Å². The molecule has 3 rings (SSSR count). The number of nitrogens with zero attached hydrogens (tertiary/aromatic N) is 4. The zero-order valence-corrected chi connectivity index (χ0v) is 12.3. The Bertz CT molecular complexity index is 441. The summed E-state index contributed by atoms with van der Waals surface area (Å²) in [5, 5.41) is 7.92. The van der Waals surface area contributed by atoms with E-state index in [4.69, 9.17) is 0 Å². The molecule has 0 amide bonds. The van der Waals surface area contributed by atoms with E-state index < -0.39 is 0 Å². The molecule has 0 saturated carbocycles. The molecule has 2 aliphatic heterocycles. The van der Waals surface area contributed by atoms with Crippen molar-refractivity contribution in [3.8, 4) is 0 Å². The van der Waals surface area contributed by atoms with Gasteiger partial charge in [-0.15, -0.1) is 0 Å². The van der Waals surface area contributed by atoms with E-state index in [-0.39, 0.29) is 0 Å². The van der Waals surface area contributed by atoms with E-state index in [0.29, 0.717) is 0 Å². The highest BCUT2D eigenvalue weighted by molar-refractivity contribution is 5.24. The molecule has 0 atom stereocenters. The van der Waals surface area contributed by atoms with Gasteiger partial charge in [-0.2, -0.15) is 5.10 Å². The van der Waals surface area contributed by atoms with Crippen LogP contribution >= 0.6 is 0 Å². The maximum absolute atomic E-state index is 4.50. The zero-order chi connectivity index (χ0) is 13.4.